The van der Waals surface area contributed by atoms with E-state index in [9.17, 15) is 13.2 Å². The average molecular weight is 495 g/mol. The molecule has 6 heteroatoms. The van der Waals surface area contributed by atoms with Crippen LogP contribution in [0.2, 0.25) is 0 Å². The van der Waals surface area contributed by atoms with Crippen molar-refractivity contribution in [3.8, 4) is 5.75 Å². The monoisotopic (exact) mass is 494 g/mol. The summed E-state index contributed by atoms with van der Waals surface area (Å²) in [5.74, 6) is 0.0720. The third-order valence-corrected chi connectivity index (χ3v) is 8.91. The highest BCUT2D eigenvalue weighted by Crippen LogP contribution is 2.42. The van der Waals surface area contributed by atoms with E-state index in [1.54, 1.807) is 31.2 Å². The van der Waals surface area contributed by atoms with Crippen molar-refractivity contribution in [3.63, 3.8) is 0 Å². The lowest BCUT2D eigenvalue weighted by Crippen LogP contribution is -2.51. The standard InChI is InChI=1S/C29H34O5S/c1-4-27(35(31,32)26-20-18-25(33-3)19-21-26)29(28(30)34-5-2,24-16-10-7-11-17-24)22-12-15-23-13-8-6-9-14-23/h6-11,13-14,16-21,27H,4-5,12,15,22H2,1-3H3. The maximum absolute atomic E-state index is 14.1. The number of benzene rings is 3. The Morgan fingerprint density at radius 1 is 0.886 bits per heavy atom. The Kier molecular flexibility index (Phi) is 9.10. The minimum Gasteiger partial charge on any atom is -0.497 e. The largest absolute Gasteiger partial charge is 0.497 e. The summed E-state index contributed by atoms with van der Waals surface area (Å²) in [5.41, 5.74) is 0.458. The average Bonchev–Trinajstić information content (AvgIpc) is 2.89. The van der Waals surface area contributed by atoms with E-state index in [4.69, 9.17) is 9.47 Å². The molecule has 0 amide bonds. The van der Waals surface area contributed by atoms with Gasteiger partial charge < -0.3 is 9.47 Å². The van der Waals surface area contributed by atoms with Crippen LogP contribution in [-0.4, -0.2) is 33.4 Å². The molecule has 0 spiro atoms. The molecule has 3 rings (SSSR count). The minimum atomic E-state index is -3.90. The number of methoxy groups -OCH3 is 1. The number of carbonyl (C=O) groups is 1. The molecule has 2 unspecified atom stereocenters. The SMILES string of the molecule is CCOC(=O)C(CCCc1ccccc1)(c1ccccc1)C(CC)S(=O)(=O)c1ccc(OC)cc1. The van der Waals surface area contributed by atoms with Gasteiger partial charge in [0.25, 0.3) is 0 Å². The fourth-order valence-electron chi connectivity index (χ4n) is 4.82. The van der Waals surface area contributed by atoms with Crippen LogP contribution < -0.4 is 4.74 Å². The van der Waals surface area contributed by atoms with Crippen LogP contribution in [0.4, 0.5) is 0 Å². The Labute approximate surface area is 209 Å². The summed E-state index contributed by atoms with van der Waals surface area (Å²) in [7, 11) is -2.36. The molecule has 0 bridgehead atoms. The van der Waals surface area contributed by atoms with Gasteiger partial charge in [0.1, 0.15) is 11.2 Å². The smallest absolute Gasteiger partial charge is 0.317 e. The summed E-state index contributed by atoms with van der Waals surface area (Å²) in [5, 5.41) is -0.999. The van der Waals surface area contributed by atoms with Gasteiger partial charge in [-0.3, -0.25) is 4.79 Å². The Balaban J connectivity index is 2.13. The topological polar surface area (TPSA) is 69.7 Å². The van der Waals surface area contributed by atoms with Crippen LogP contribution in [-0.2, 0) is 31.2 Å². The summed E-state index contributed by atoms with van der Waals surface area (Å²) >= 11 is 0. The molecule has 2 atom stereocenters. The van der Waals surface area contributed by atoms with Crippen molar-refractivity contribution in [2.75, 3.05) is 13.7 Å². The van der Waals surface area contributed by atoms with Gasteiger partial charge in [0, 0.05) is 0 Å². The fourth-order valence-corrected chi connectivity index (χ4v) is 6.98. The zero-order chi connectivity index (χ0) is 25.3. The molecule has 0 fully saturated rings. The Bertz CT molecular complexity index is 1170. The quantitative estimate of drug-likeness (QED) is 0.299. The highest BCUT2D eigenvalue weighted by molar-refractivity contribution is 7.92. The molecule has 0 N–H and O–H groups in total. The molecule has 0 aliphatic heterocycles. The van der Waals surface area contributed by atoms with Gasteiger partial charge in [-0.1, -0.05) is 67.6 Å². The van der Waals surface area contributed by atoms with Crippen molar-refractivity contribution in [3.05, 3.63) is 96.1 Å². The number of aryl methyl sites for hydroxylation is 1. The van der Waals surface area contributed by atoms with Gasteiger partial charge in [0.2, 0.25) is 0 Å². The molecule has 0 aliphatic carbocycles. The molecule has 0 saturated heterocycles. The first-order valence-corrected chi connectivity index (χ1v) is 13.6. The third kappa shape index (κ3) is 5.76. The fraction of sp³-hybridized carbons (Fsp3) is 0.345. The summed E-state index contributed by atoms with van der Waals surface area (Å²) in [6, 6.07) is 25.6. The van der Waals surface area contributed by atoms with E-state index in [0.717, 1.165) is 12.0 Å². The highest BCUT2D eigenvalue weighted by atomic mass is 32.2. The summed E-state index contributed by atoms with van der Waals surface area (Å²) in [6.07, 6.45) is 1.96. The number of rotatable bonds is 12. The van der Waals surface area contributed by atoms with Gasteiger partial charge in [-0.2, -0.15) is 0 Å². The van der Waals surface area contributed by atoms with Crippen molar-refractivity contribution in [2.45, 2.75) is 55.1 Å². The predicted octanol–water partition coefficient (Wildman–Crippen LogP) is 5.77. The Hall–Kier alpha value is -3.12. The summed E-state index contributed by atoms with van der Waals surface area (Å²) in [6.45, 7) is 3.74. The molecular formula is C29H34O5S. The van der Waals surface area contributed by atoms with E-state index in [0.29, 0.717) is 24.2 Å². The van der Waals surface area contributed by atoms with Gasteiger partial charge in [-0.15, -0.1) is 0 Å². The minimum absolute atomic E-state index is 0.165. The van der Waals surface area contributed by atoms with Crippen LogP contribution in [0.3, 0.4) is 0 Å². The molecule has 0 heterocycles. The lowest BCUT2D eigenvalue weighted by Gasteiger charge is -2.38. The Morgan fingerprint density at radius 3 is 2.03 bits per heavy atom. The molecule has 0 saturated carbocycles. The molecule has 3 aromatic carbocycles. The number of hydrogen-bond acceptors (Lipinski definition) is 5. The maximum Gasteiger partial charge on any atom is 0.317 e. The second kappa shape index (κ2) is 12.0. The summed E-state index contributed by atoms with van der Waals surface area (Å²) < 4.78 is 38.9. The molecule has 0 radical (unpaired) electrons. The number of carbonyl (C=O) groups excluding carboxylic acids is 1. The molecular weight excluding hydrogens is 460 g/mol. The number of esters is 1. The van der Waals surface area contributed by atoms with E-state index in [-0.39, 0.29) is 17.9 Å². The van der Waals surface area contributed by atoms with E-state index < -0.39 is 26.5 Å². The third-order valence-electron chi connectivity index (χ3n) is 6.49. The Morgan fingerprint density at radius 2 is 1.49 bits per heavy atom. The second-order valence-corrected chi connectivity index (χ2v) is 10.6. The zero-order valence-electron chi connectivity index (χ0n) is 20.6. The lowest BCUT2D eigenvalue weighted by atomic mass is 9.72. The van der Waals surface area contributed by atoms with Gasteiger partial charge in [0.15, 0.2) is 9.84 Å². The predicted molar refractivity (Wildman–Crippen MR) is 138 cm³/mol. The van der Waals surface area contributed by atoms with Gasteiger partial charge >= 0.3 is 5.97 Å². The van der Waals surface area contributed by atoms with E-state index in [1.165, 1.54) is 7.11 Å². The van der Waals surface area contributed by atoms with Gasteiger partial charge in [-0.05, 0) is 68.0 Å². The summed E-state index contributed by atoms with van der Waals surface area (Å²) in [4.78, 5) is 13.9. The van der Waals surface area contributed by atoms with Crippen molar-refractivity contribution in [1.82, 2.24) is 0 Å². The number of sulfone groups is 1. The first-order valence-electron chi connectivity index (χ1n) is 12.0. The molecule has 0 aliphatic rings. The molecule has 3 aromatic rings. The van der Waals surface area contributed by atoms with Crippen LogP contribution in [0.5, 0.6) is 5.75 Å². The van der Waals surface area contributed by atoms with Crippen molar-refractivity contribution >= 4 is 15.8 Å². The van der Waals surface area contributed by atoms with E-state index in [1.807, 2.05) is 67.6 Å². The van der Waals surface area contributed by atoms with Gasteiger partial charge in [-0.25, -0.2) is 8.42 Å². The van der Waals surface area contributed by atoms with Crippen molar-refractivity contribution in [1.29, 1.82) is 0 Å². The first-order chi connectivity index (χ1) is 16.9. The van der Waals surface area contributed by atoms with E-state index in [2.05, 4.69) is 0 Å². The first kappa shape index (κ1) is 26.5. The van der Waals surface area contributed by atoms with Crippen molar-refractivity contribution < 1.29 is 22.7 Å². The van der Waals surface area contributed by atoms with Gasteiger partial charge in [0.05, 0.1) is 23.9 Å². The van der Waals surface area contributed by atoms with Crippen LogP contribution in [0.15, 0.2) is 89.8 Å². The van der Waals surface area contributed by atoms with Crippen LogP contribution in [0.25, 0.3) is 0 Å². The normalized spacial score (nSPS) is 14.0. The molecule has 35 heavy (non-hydrogen) atoms. The second-order valence-electron chi connectivity index (χ2n) is 8.51. The van der Waals surface area contributed by atoms with Crippen LogP contribution in [0, 0.1) is 0 Å². The highest BCUT2D eigenvalue weighted by Gasteiger charge is 2.53. The number of hydrogen-bond donors (Lipinski definition) is 0. The maximum atomic E-state index is 14.1. The number of ether oxygens (including phenoxy) is 2. The van der Waals surface area contributed by atoms with Crippen LogP contribution in [0.1, 0.15) is 44.2 Å². The molecule has 186 valence electrons. The van der Waals surface area contributed by atoms with Crippen LogP contribution >= 0.6 is 0 Å². The molecule has 5 nitrogen and oxygen atoms in total. The zero-order valence-corrected chi connectivity index (χ0v) is 21.5. The lowest BCUT2D eigenvalue weighted by molar-refractivity contribution is -0.150. The molecule has 0 aromatic heterocycles. The van der Waals surface area contributed by atoms with Crippen molar-refractivity contribution in [2.24, 2.45) is 0 Å². The van der Waals surface area contributed by atoms with E-state index >= 15 is 0 Å².